The van der Waals surface area contributed by atoms with Gasteiger partial charge in [-0.25, -0.2) is 4.79 Å². The van der Waals surface area contributed by atoms with Crippen molar-refractivity contribution in [2.45, 2.75) is 40.2 Å². The van der Waals surface area contributed by atoms with E-state index in [1.54, 1.807) is 0 Å². The lowest BCUT2D eigenvalue weighted by atomic mass is 10.1. The zero-order valence-electron chi connectivity index (χ0n) is 17.8. The molecule has 7 nitrogen and oxygen atoms in total. The molecular formula is C23H28N2O5. The van der Waals surface area contributed by atoms with Crippen molar-refractivity contribution in [2.75, 3.05) is 18.5 Å². The van der Waals surface area contributed by atoms with Crippen LogP contribution in [-0.2, 0) is 14.3 Å². The zero-order chi connectivity index (χ0) is 22.3. The highest BCUT2D eigenvalue weighted by atomic mass is 16.5. The molecule has 0 saturated heterocycles. The largest absolute Gasteiger partial charge is 0.508 e. The summed E-state index contributed by atoms with van der Waals surface area (Å²) in [5.74, 6) is -1.58. The van der Waals surface area contributed by atoms with Gasteiger partial charge in [0, 0.05) is 11.7 Å². The van der Waals surface area contributed by atoms with Gasteiger partial charge in [-0.15, -0.1) is 0 Å². The minimum absolute atomic E-state index is 0.0693. The number of nitrogens with zero attached hydrogens (tertiary/aromatic N) is 1. The summed E-state index contributed by atoms with van der Waals surface area (Å²) in [7, 11) is 0. The maximum Gasteiger partial charge on any atom is 0.338 e. The number of hydrogen-bond acceptors (Lipinski definition) is 5. The summed E-state index contributed by atoms with van der Waals surface area (Å²) < 4.78 is 5.08. The van der Waals surface area contributed by atoms with Crippen molar-refractivity contribution >= 4 is 23.5 Å². The van der Waals surface area contributed by atoms with Gasteiger partial charge in [-0.05, 0) is 62.6 Å². The lowest BCUT2D eigenvalue weighted by Crippen LogP contribution is -2.45. The Kier molecular flexibility index (Phi) is 7.98. The number of amides is 2. The molecule has 2 aromatic rings. The first-order valence-corrected chi connectivity index (χ1v) is 9.84. The van der Waals surface area contributed by atoms with E-state index in [1.165, 1.54) is 29.2 Å². The molecule has 2 amide bonds. The molecule has 160 valence electrons. The number of esters is 1. The van der Waals surface area contributed by atoms with Crippen molar-refractivity contribution in [3.05, 3.63) is 59.2 Å². The van der Waals surface area contributed by atoms with Crippen LogP contribution in [0.25, 0.3) is 0 Å². The lowest BCUT2D eigenvalue weighted by Gasteiger charge is -2.28. The van der Waals surface area contributed by atoms with E-state index < -0.39 is 18.5 Å². The van der Waals surface area contributed by atoms with Crippen molar-refractivity contribution in [2.24, 2.45) is 0 Å². The number of benzene rings is 2. The Morgan fingerprint density at radius 1 is 1.13 bits per heavy atom. The topological polar surface area (TPSA) is 95.9 Å². The third-order valence-electron chi connectivity index (χ3n) is 5.04. The van der Waals surface area contributed by atoms with Gasteiger partial charge in [0.25, 0.3) is 5.91 Å². The van der Waals surface area contributed by atoms with Crippen LogP contribution in [0.15, 0.2) is 42.5 Å². The summed E-state index contributed by atoms with van der Waals surface area (Å²) in [6.07, 6.45) is 0.642. The summed E-state index contributed by atoms with van der Waals surface area (Å²) in [6, 6.07) is 11.1. The van der Waals surface area contributed by atoms with E-state index in [0.29, 0.717) is 12.1 Å². The first-order chi connectivity index (χ1) is 14.2. The van der Waals surface area contributed by atoms with Gasteiger partial charge in [-0.1, -0.05) is 25.1 Å². The maximum absolute atomic E-state index is 12.7. The standard InChI is InChI=1S/C23H28N2O5/c1-5-16(3)25(13-21(27)24-20-11-6-8-15(2)17(20)4)22(28)14-30-23(29)18-9-7-10-19(26)12-18/h6-12,16,26H,5,13-14H2,1-4H3,(H,24,27)/t16-/m1/s1. The number of ether oxygens (including phenoxy) is 1. The van der Waals surface area contributed by atoms with Gasteiger partial charge in [-0.2, -0.15) is 0 Å². The number of aromatic hydroxyl groups is 1. The van der Waals surface area contributed by atoms with Crippen molar-refractivity contribution in [3.63, 3.8) is 0 Å². The van der Waals surface area contributed by atoms with Crippen molar-refractivity contribution < 1.29 is 24.2 Å². The Bertz CT molecular complexity index is 926. The van der Waals surface area contributed by atoms with E-state index in [-0.39, 0.29) is 29.8 Å². The third kappa shape index (κ3) is 6.07. The lowest BCUT2D eigenvalue weighted by molar-refractivity contribution is -0.139. The minimum Gasteiger partial charge on any atom is -0.508 e. The number of hydrogen-bond donors (Lipinski definition) is 2. The number of aryl methyl sites for hydroxylation is 1. The number of phenolic OH excluding ortho intramolecular Hbond substituents is 1. The molecule has 2 N–H and O–H groups in total. The molecule has 0 spiro atoms. The third-order valence-corrected chi connectivity index (χ3v) is 5.04. The van der Waals surface area contributed by atoms with E-state index in [9.17, 15) is 19.5 Å². The normalized spacial score (nSPS) is 11.5. The number of phenols is 1. The molecule has 0 heterocycles. The van der Waals surface area contributed by atoms with Crippen LogP contribution in [0.1, 0.15) is 41.8 Å². The first kappa shape index (κ1) is 22.9. The Morgan fingerprint density at radius 2 is 1.83 bits per heavy atom. The predicted molar refractivity (Wildman–Crippen MR) is 114 cm³/mol. The van der Waals surface area contributed by atoms with Crippen molar-refractivity contribution in [3.8, 4) is 5.75 Å². The molecule has 2 aromatic carbocycles. The van der Waals surface area contributed by atoms with Gasteiger partial charge in [0.1, 0.15) is 12.3 Å². The highest BCUT2D eigenvalue weighted by Gasteiger charge is 2.23. The van der Waals surface area contributed by atoms with Crippen LogP contribution in [0, 0.1) is 13.8 Å². The highest BCUT2D eigenvalue weighted by Crippen LogP contribution is 2.18. The van der Waals surface area contributed by atoms with Crippen LogP contribution in [-0.4, -0.2) is 47.0 Å². The average Bonchev–Trinajstić information content (AvgIpc) is 2.72. The fraction of sp³-hybridized carbons (Fsp3) is 0.348. The van der Waals surface area contributed by atoms with Crippen LogP contribution in [0.4, 0.5) is 5.69 Å². The summed E-state index contributed by atoms with van der Waals surface area (Å²) in [6.45, 7) is 6.98. The molecule has 0 saturated carbocycles. The fourth-order valence-corrected chi connectivity index (χ4v) is 2.87. The molecule has 7 heteroatoms. The molecule has 0 aliphatic carbocycles. The molecule has 0 aromatic heterocycles. The smallest absolute Gasteiger partial charge is 0.338 e. The molecule has 0 aliphatic heterocycles. The quantitative estimate of drug-likeness (QED) is 0.648. The Labute approximate surface area is 176 Å². The van der Waals surface area contributed by atoms with E-state index in [1.807, 2.05) is 45.9 Å². The van der Waals surface area contributed by atoms with Gasteiger partial charge in [-0.3, -0.25) is 9.59 Å². The molecule has 2 rings (SSSR count). The number of anilines is 1. The maximum atomic E-state index is 12.7. The molecule has 0 fully saturated rings. The molecular weight excluding hydrogens is 384 g/mol. The fourth-order valence-electron chi connectivity index (χ4n) is 2.87. The Morgan fingerprint density at radius 3 is 2.50 bits per heavy atom. The summed E-state index contributed by atoms with van der Waals surface area (Å²) in [5, 5.41) is 12.3. The van der Waals surface area contributed by atoms with E-state index in [2.05, 4.69) is 5.32 Å². The second kappa shape index (κ2) is 10.4. The minimum atomic E-state index is -0.719. The van der Waals surface area contributed by atoms with Gasteiger partial charge in [0.05, 0.1) is 5.56 Å². The predicted octanol–water partition coefficient (Wildman–Crippen LogP) is 3.43. The van der Waals surface area contributed by atoms with Crippen molar-refractivity contribution in [1.82, 2.24) is 4.90 Å². The van der Waals surface area contributed by atoms with E-state index in [0.717, 1.165) is 11.1 Å². The summed E-state index contributed by atoms with van der Waals surface area (Å²) in [4.78, 5) is 38.8. The Balaban J connectivity index is 2.01. The summed E-state index contributed by atoms with van der Waals surface area (Å²) in [5.41, 5.74) is 2.87. The highest BCUT2D eigenvalue weighted by molar-refractivity contribution is 5.96. The number of carbonyl (C=O) groups is 3. The number of carbonyl (C=O) groups excluding carboxylic acids is 3. The van der Waals surface area contributed by atoms with E-state index in [4.69, 9.17) is 4.74 Å². The van der Waals surface area contributed by atoms with E-state index >= 15 is 0 Å². The van der Waals surface area contributed by atoms with Gasteiger partial charge in [0.15, 0.2) is 6.61 Å². The summed E-state index contributed by atoms with van der Waals surface area (Å²) >= 11 is 0. The van der Waals surface area contributed by atoms with Gasteiger partial charge >= 0.3 is 5.97 Å². The molecule has 0 bridgehead atoms. The van der Waals surface area contributed by atoms with Crippen LogP contribution < -0.4 is 5.32 Å². The molecule has 30 heavy (non-hydrogen) atoms. The number of rotatable bonds is 8. The van der Waals surface area contributed by atoms with Crippen molar-refractivity contribution in [1.29, 1.82) is 0 Å². The van der Waals surface area contributed by atoms with Crippen LogP contribution in [0.2, 0.25) is 0 Å². The van der Waals surface area contributed by atoms with Crippen LogP contribution >= 0.6 is 0 Å². The van der Waals surface area contributed by atoms with Crippen LogP contribution in [0.5, 0.6) is 5.75 Å². The molecule has 1 atom stereocenters. The monoisotopic (exact) mass is 412 g/mol. The molecule has 0 aliphatic rings. The number of nitrogens with one attached hydrogen (secondary N) is 1. The Hall–Kier alpha value is -3.35. The molecule has 0 radical (unpaired) electrons. The zero-order valence-corrected chi connectivity index (χ0v) is 17.8. The first-order valence-electron chi connectivity index (χ1n) is 9.84. The second-order valence-corrected chi connectivity index (χ2v) is 7.20. The van der Waals surface area contributed by atoms with Gasteiger partial charge < -0.3 is 20.1 Å². The van der Waals surface area contributed by atoms with Gasteiger partial charge in [0.2, 0.25) is 5.91 Å². The average molecular weight is 412 g/mol. The van der Waals surface area contributed by atoms with Crippen LogP contribution in [0.3, 0.4) is 0 Å². The second-order valence-electron chi connectivity index (χ2n) is 7.20. The SMILES string of the molecule is CC[C@@H](C)N(CC(=O)Nc1cccc(C)c1C)C(=O)COC(=O)c1cccc(O)c1. The molecule has 0 unspecified atom stereocenters.